The first kappa shape index (κ1) is 22.2. The fourth-order valence-corrected chi connectivity index (χ4v) is 4.32. The molecule has 9 nitrogen and oxygen atoms in total. The number of nitrogens with zero attached hydrogens (tertiary/aromatic N) is 4. The van der Waals surface area contributed by atoms with Gasteiger partial charge >= 0.3 is 5.69 Å². The fourth-order valence-electron chi connectivity index (χ4n) is 3.48. The van der Waals surface area contributed by atoms with Crippen LogP contribution in [-0.2, 0) is 23.6 Å². The van der Waals surface area contributed by atoms with E-state index in [1.165, 1.54) is 42.9 Å². The van der Waals surface area contributed by atoms with Crippen molar-refractivity contribution in [3.63, 3.8) is 0 Å². The van der Waals surface area contributed by atoms with E-state index in [1.807, 2.05) is 0 Å². The number of hydrogen-bond acceptors (Lipinski definition) is 7. The number of carbonyl (C=O) groups excluding carboxylic acids is 1. The van der Waals surface area contributed by atoms with Crippen LogP contribution in [0.3, 0.4) is 0 Å². The van der Waals surface area contributed by atoms with Gasteiger partial charge in [0.25, 0.3) is 5.56 Å². The average Bonchev–Trinajstić information content (AvgIpc) is 3.32. The highest BCUT2D eigenvalue weighted by Gasteiger charge is 2.20. The standard InChI is InChI=1S/C21H22FN5O4S/c1-26-18-16(20(29)27(2)21(26)30)19(25-17(24-18)12-5-7-13(22)8-6-12)32-11-15(28)23-10-14-4-3-9-31-14/h5-8,14H,3-4,9-11H2,1-2H3,(H,23,28)/t14-/m1/s1. The van der Waals surface area contributed by atoms with Gasteiger partial charge in [0, 0.05) is 32.8 Å². The monoisotopic (exact) mass is 459 g/mol. The van der Waals surface area contributed by atoms with E-state index < -0.39 is 17.1 Å². The first-order chi connectivity index (χ1) is 15.3. The largest absolute Gasteiger partial charge is 0.376 e. The van der Waals surface area contributed by atoms with Crippen LogP contribution in [0, 0.1) is 5.82 Å². The van der Waals surface area contributed by atoms with E-state index in [-0.39, 0.29) is 39.6 Å². The molecule has 1 aliphatic rings. The van der Waals surface area contributed by atoms with Gasteiger partial charge in [0.1, 0.15) is 16.2 Å². The molecule has 0 aliphatic carbocycles. The summed E-state index contributed by atoms with van der Waals surface area (Å²) in [6.45, 7) is 1.14. The normalized spacial score (nSPS) is 15.9. The molecule has 11 heteroatoms. The number of nitrogens with one attached hydrogen (secondary N) is 1. The average molecular weight is 460 g/mol. The van der Waals surface area contributed by atoms with Crippen LogP contribution in [0.4, 0.5) is 4.39 Å². The maximum atomic E-state index is 13.4. The van der Waals surface area contributed by atoms with Crippen LogP contribution < -0.4 is 16.6 Å². The van der Waals surface area contributed by atoms with Gasteiger partial charge in [-0.15, -0.1) is 0 Å². The van der Waals surface area contributed by atoms with Crippen molar-refractivity contribution >= 4 is 28.7 Å². The number of amides is 1. The molecular weight excluding hydrogens is 437 g/mol. The van der Waals surface area contributed by atoms with E-state index >= 15 is 0 Å². The molecular formula is C21H22FN5O4S. The number of halogens is 1. The Morgan fingerprint density at radius 3 is 2.66 bits per heavy atom. The summed E-state index contributed by atoms with van der Waals surface area (Å²) in [4.78, 5) is 46.5. The highest BCUT2D eigenvalue weighted by Crippen LogP contribution is 2.26. The topological polar surface area (TPSA) is 108 Å². The highest BCUT2D eigenvalue weighted by atomic mass is 32.2. The molecule has 3 heterocycles. The Hall–Kier alpha value is -3.05. The van der Waals surface area contributed by atoms with Crippen LogP contribution >= 0.6 is 11.8 Å². The molecule has 168 valence electrons. The van der Waals surface area contributed by atoms with E-state index in [0.29, 0.717) is 18.7 Å². The molecule has 0 bridgehead atoms. The summed E-state index contributed by atoms with van der Waals surface area (Å²) in [5.41, 5.74) is -0.409. The lowest BCUT2D eigenvalue weighted by molar-refractivity contribution is -0.119. The molecule has 2 aromatic heterocycles. The molecule has 1 N–H and O–H groups in total. The molecule has 1 saturated heterocycles. The van der Waals surface area contributed by atoms with Crippen molar-refractivity contribution in [2.24, 2.45) is 14.1 Å². The predicted octanol–water partition coefficient (Wildman–Crippen LogP) is 1.22. The molecule has 1 fully saturated rings. The minimum Gasteiger partial charge on any atom is -0.376 e. The van der Waals surface area contributed by atoms with E-state index in [1.54, 1.807) is 0 Å². The minimum atomic E-state index is -0.545. The molecule has 0 spiro atoms. The summed E-state index contributed by atoms with van der Waals surface area (Å²) in [6, 6.07) is 5.57. The van der Waals surface area contributed by atoms with Crippen molar-refractivity contribution in [2.75, 3.05) is 18.9 Å². The Balaban J connectivity index is 1.70. The zero-order valence-electron chi connectivity index (χ0n) is 17.6. The summed E-state index contributed by atoms with van der Waals surface area (Å²) < 4.78 is 21.1. The van der Waals surface area contributed by atoms with Gasteiger partial charge in [-0.3, -0.25) is 18.7 Å². The summed E-state index contributed by atoms with van der Waals surface area (Å²) in [6.07, 6.45) is 1.92. The van der Waals surface area contributed by atoms with Gasteiger partial charge in [0.2, 0.25) is 5.91 Å². The van der Waals surface area contributed by atoms with E-state index in [0.717, 1.165) is 29.2 Å². The molecule has 1 aliphatic heterocycles. The second-order valence-electron chi connectivity index (χ2n) is 7.49. The minimum absolute atomic E-state index is 0.0215. The van der Waals surface area contributed by atoms with Crippen molar-refractivity contribution in [2.45, 2.75) is 24.0 Å². The summed E-state index contributed by atoms with van der Waals surface area (Å²) >= 11 is 1.08. The molecule has 4 rings (SSSR count). The lowest BCUT2D eigenvalue weighted by atomic mass is 10.2. The lowest BCUT2D eigenvalue weighted by Crippen LogP contribution is -2.38. The number of hydrogen-bond donors (Lipinski definition) is 1. The van der Waals surface area contributed by atoms with Gasteiger partial charge in [0.05, 0.1) is 11.9 Å². The third-order valence-electron chi connectivity index (χ3n) is 5.26. The van der Waals surface area contributed by atoms with E-state index in [9.17, 15) is 18.8 Å². The molecule has 0 saturated carbocycles. The van der Waals surface area contributed by atoms with Crippen molar-refractivity contribution in [3.8, 4) is 11.4 Å². The SMILES string of the molecule is Cn1c(=O)c2c(SCC(=O)NC[C@H]3CCCO3)nc(-c3ccc(F)cc3)nc2n(C)c1=O. The predicted molar refractivity (Wildman–Crippen MR) is 118 cm³/mol. The number of carbonyl (C=O) groups is 1. The number of ether oxygens (including phenoxy) is 1. The second kappa shape index (κ2) is 9.21. The molecule has 1 amide bonds. The van der Waals surface area contributed by atoms with Gasteiger partial charge in [-0.1, -0.05) is 11.8 Å². The van der Waals surface area contributed by atoms with Crippen LogP contribution in [0.2, 0.25) is 0 Å². The Morgan fingerprint density at radius 1 is 1.22 bits per heavy atom. The van der Waals surface area contributed by atoms with Gasteiger partial charge < -0.3 is 10.1 Å². The zero-order valence-corrected chi connectivity index (χ0v) is 18.4. The van der Waals surface area contributed by atoms with Gasteiger partial charge in [-0.05, 0) is 37.1 Å². The van der Waals surface area contributed by atoms with Crippen LogP contribution in [0.5, 0.6) is 0 Å². The summed E-state index contributed by atoms with van der Waals surface area (Å²) in [5, 5.41) is 3.26. The van der Waals surface area contributed by atoms with Crippen molar-refractivity contribution in [1.82, 2.24) is 24.4 Å². The second-order valence-corrected chi connectivity index (χ2v) is 8.46. The van der Waals surface area contributed by atoms with Gasteiger partial charge in [0.15, 0.2) is 11.5 Å². The Kier molecular flexibility index (Phi) is 6.38. The number of thioether (sulfide) groups is 1. The number of rotatable bonds is 6. The van der Waals surface area contributed by atoms with Crippen LogP contribution in [0.25, 0.3) is 22.4 Å². The quantitative estimate of drug-likeness (QED) is 0.436. The van der Waals surface area contributed by atoms with Crippen LogP contribution in [-0.4, -0.2) is 50.0 Å². The third-order valence-corrected chi connectivity index (χ3v) is 6.24. The zero-order chi connectivity index (χ0) is 22.8. The molecule has 0 radical (unpaired) electrons. The first-order valence-electron chi connectivity index (χ1n) is 10.1. The smallest absolute Gasteiger partial charge is 0.332 e. The fraction of sp³-hybridized carbons (Fsp3) is 0.381. The maximum Gasteiger partial charge on any atom is 0.332 e. The maximum absolute atomic E-state index is 13.4. The number of aromatic nitrogens is 4. The Bertz CT molecular complexity index is 1280. The van der Waals surface area contributed by atoms with E-state index in [4.69, 9.17) is 4.74 Å². The molecule has 1 aromatic carbocycles. The third kappa shape index (κ3) is 4.44. The van der Waals surface area contributed by atoms with Crippen molar-refractivity contribution < 1.29 is 13.9 Å². The van der Waals surface area contributed by atoms with Gasteiger partial charge in [-0.25, -0.2) is 19.2 Å². The van der Waals surface area contributed by atoms with E-state index in [2.05, 4.69) is 15.3 Å². The molecule has 32 heavy (non-hydrogen) atoms. The van der Waals surface area contributed by atoms with Gasteiger partial charge in [-0.2, -0.15) is 0 Å². The number of aryl methyl sites for hydroxylation is 1. The summed E-state index contributed by atoms with van der Waals surface area (Å²) in [7, 11) is 2.88. The van der Waals surface area contributed by atoms with Crippen molar-refractivity contribution in [3.05, 3.63) is 50.9 Å². The van der Waals surface area contributed by atoms with Crippen LogP contribution in [0.15, 0.2) is 38.9 Å². The molecule has 1 atom stereocenters. The molecule has 3 aromatic rings. The lowest BCUT2D eigenvalue weighted by Gasteiger charge is -2.13. The molecule has 0 unspecified atom stereocenters. The Morgan fingerprint density at radius 2 is 1.97 bits per heavy atom. The number of benzene rings is 1. The Labute approximate surface area is 186 Å². The number of fused-ring (bicyclic) bond motifs is 1. The summed E-state index contributed by atoms with van der Waals surface area (Å²) in [5.74, 6) is -0.383. The highest BCUT2D eigenvalue weighted by molar-refractivity contribution is 8.00. The van der Waals surface area contributed by atoms with Crippen molar-refractivity contribution in [1.29, 1.82) is 0 Å². The first-order valence-corrected chi connectivity index (χ1v) is 11.1. The van der Waals surface area contributed by atoms with Crippen LogP contribution in [0.1, 0.15) is 12.8 Å².